The van der Waals surface area contributed by atoms with Gasteiger partial charge in [0.1, 0.15) is 0 Å². The van der Waals surface area contributed by atoms with Gasteiger partial charge in [0.15, 0.2) is 0 Å². The zero-order valence-electron chi connectivity index (χ0n) is 41.1. The zero-order chi connectivity index (χ0) is 50.4. The molecular weight excluding hydrogens is 945 g/mol. The van der Waals surface area contributed by atoms with Crippen molar-refractivity contribution < 1.29 is 21.8 Å². The summed E-state index contributed by atoms with van der Waals surface area (Å²) in [6, 6.07) is 15.0. The minimum atomic E-state index is -2.79. The Kier molecular flexibility index (Phi) is 12.0. The summed E-state index contributed by atoms with van der Waals surface area (Å²) < 4.78 is 82.8. The van der Waals surface area contributed by atoms with Crippen molar-refractivity contribution in [3.05, 3.63) is 134 Å². The molecule has 72 heavy (non-hydrogen) atoms. The fourth-order valence-corrected chi connectivity index (χ4v) is 12.6. The smallest absolute Gasteiger partial charge is 0.328 e. The van der Waals surface area contributed by atoms with Crippen molar-refractivity contribution in [2.45, 2.75) is 64.8 Å². The first-order valence-corrected chi connectivity index (χ1v) is 26.0. The number of alkyl halides is 4. The van der Waals surface area contributed by atoms with E-state index in [1.165, 1.54) is 0 Å². The molecule has 0 fully saturated rings. The fraction of sp³-hybridized carbons (Fsp3) is 0.370. The Morgan fingerprint density at radius 1 is 0.694 bits per heavy atom. The summed E-state index contributed by atoms with van der Waals surface area (Å²) in [7, 11) is 7.75. The van der Waals surface area contributed by atoms with Crippen LogP contribution in [0.3, 0.4) is 0 Å². The molecule has 2 atom stereocenters. The first-order chi connectivity index (χ1) is 34.6. The van der Waals surface area contributed by atoms with Crippen LogP contribution >= 0.6 is 0 Å². The molecule has 0 saturated heterocycles. The van der Waals surface area contributed by atoms with Crippen molar-refractivity contribution in [3.8, 4) is 22.3 Å². The van der Waals surface area contributed by atoms with E-state index in [9.17, 15) is 22.6 Å². The summed E-state index contributed by atoms with van der Waals surface area (Å²) in [4.78, 5) is 32.5. The maximum Gasteiger partial charge on any atom is 0.328 e. The van der Waals surface area contributed by atoms with E-state index < -0.39 is 23.7 Å². The van der Waals surface area contributed by atoms with Crippen LogP contribution in [0.4, 0.5) is 40.3 Å². The summed E-state index contributed by atoms with van der Waals surface area (Å²) in [5.74, 6) is 0.674. The molecule has 2 unspecified atom stereocenters. The number of aromatic nitrogens is 8. The van der Waals surface area contributed by atoms with Crippen molar-refractivity contribution in [2.24, 2.45) is 41.2 Å². The van der Waals surface area contributed by atoms with Crippen LogP contribution in [0.15, 0.2) is 89.0 Å². The van der Waals surface area contributed by atoms with E-state index in [1.54, 1.807) is 95.2 Å². The molecule has 18 heteroatoms. The second-order valence-corrected chi connectivity index (χ2v) is 21.3. The van der Waals surface area contributed by atoms with Gasteiger partial charge in [-0.05, 0) is 120 Å². The summed E-state index contributed by atoms with van der Waals surface area (Å²) in [6.45, 7) is 3.37. The lowest BCUT2D eigenvalue weighted by atomic mass is 9.87. The Hall–Kier alpha value is -6.95. The molecule has 0 amide bonds. The maximum absolute atomic E-state index is 15.3. The molecule has 0 radical (unpaired) electrons. The van der Waals surface area contributed by atoms with Crippen molar-refractivity contribution in [1.29, 1.82) is 0 Å². The fourth-order valence-electron chi connectivity index (χ4n) is 11.6. The summed E-state index contributed by atoms with van der Waals surface area (Å²) >= 11 is 0. The van der Waals surface area contributed by atoms with Gasteiger partial charge < -0.3 is 9.80 Å². The Morgan fingerprint density at radius 3 is 1.90 bits per heavy atom. The third kappa shape index (κ3) is 8.01. The third-order valence-corrected chi connectivity index (χ3v) is 16.3. The normalized spacial score (nSPS) is 17.2. The van der Waals surface area contributed by atoms with Crippen LogP contribution in [0.25, 0.3) is 49.9 Å². The first-order valence-electron chi connectivity index (χ1n) is 24.5. The van der Waals surface area contributed by atoms with Crippen LogP contribution in [0.1, 0.15) is 72.4 Å². The highest BCUT2D eigenvalue weighted by atomic mass is 32.2. The van der Waals surface area contributed by atoms with E-state index in [-0.39, 0.29) is 28.4 Å². The number of aryl methyl sites for hydroxylation is 7. The molecule has 13 nitrogen and oxygen atoms in total. The predicted molar refractivity (Wildman–Crippen MR) is 277 cm³/mol. The van der Waals surface area contributed by atoms with Gasteiger partial charge in [-0.1, -0.05) is 19.4 Å². The monoisotopic (exact) mass is 1000 g/mol. The van der Waals surface area contributed by atoms with Crippen LogP contribution in [0.5, 0.6) is 0 Å². The number of hydrogen-bond donors (Lipinski definition) is 0. The number of hydrogen-bond acceptors (Lipinski definition) is 7. The molecule has 4 aromatic carbocycles. The van der Waals surface area contributed by atoms with Gasteiger partial charge in [-0.15, -0.1) is 0 Å². The molecule has 0 N–H and O–H groups in total. The number of allylic oxidation sites excluding steroid dienone is 1. The molecule has 374 valence electrons. The summed E-state index contributed by atoms with van der Waals surface area (Å²) in [5.41, 5.74) is 11.8. The minimum Gasteiger partial charge on any atom is -0.341 e. The molecule has 7 heterocycles. The molecule has 0 saturated carbocycles. The number of benzene rings is 4. The molecule has 3 aliphatic rings. The standard InChI is InChI=1S/C54H56F4N10O3S/c1-7-9-34-17-38(66-13-8-10-33-18-40(36-25-59-61(2)29-36)43(51(55)56)23-45(33)66)21-47-49(34)68(54(70)64(47)5)28-31-16-35-19-41(37-26-60-62(3)30-37)44(52(57)58)24-46(35)67(27-31)39-20-42(32-11-14-72(71)15-12-32)50-48(22-39)63(4)53(69)65(50)6/h11,17-26,29-31,51-52H,7-10,12-16,27-28H2,1-6H3. The van der Waals surface area contributed by atoms with Gasteiger partial charge in [-0.2, -0.15) is 10.2 Å². The second-order valence-electron chi connectivity index (χ2n) is 19.7. The van der Waals surface area contributed by atoms with E-state index in [2.05, 4.69) is 33.0 Å². The second kappa shape index (κ2) is 18.3. The van der Waals surface area contributed by atoms with Crippen LogP contribution in [-0.4, -0.2) is 66.6 Å². The van der Waals surface area contributed by atoms with Gasteiger partial charge in [0, 0.05) is 140 Å². The first kappa shape index (κ1) is 47.4. The number of nitrogens with zero attached hydrogens (tertiary/aromatic N) is 10. The zero-order valence-corrected chi connectivity index (χ0v) is 41.9. The predicted octanol–water partition coefficient (Wildman–Crippen LogP) is 9.79. The SMILES string of the molecule is CCCc1cc(N2CCCc3cc(-c4cnn(C)c4)c(C(F)F)cc32)cc2c1n(CC1Cc3cc(-c4cnn(C)c4)c(C(F)F)cc3N(c3cc(C4=CCS(=O)CC4)c4c(c3)n(C)c(=O)n4C)C1)c(=O)n2C. The minimum absolute atomic E-state index is 0.0594. The Bertz CT molecular complexity index is 3670. The average molecular weight is 1000 g/mol. The lowest BCUT2D eigenvalue weighted by molar-refractivity contribution is 0.151. The maximum atomic E-state index is 15.3. The Morgan fingerprint density at radius 2 is 1.31 bits per heavy atom. The van der Waals surface area contributed by atoms with E-state index in [0.29, 0.717) is 89.5 Å². The lowest BCUT2D eigenvalue weighted by Gasteiger charge is -2.37. The van der Waals surface area contributed by atoms with Crippen molar-refractivity contribution in [2.75, 3.05) is 34.4 Å². The van der Waals surface area contributed by atoms with Gasteiger partial charge >= 0.3 is 11.4 Å². The largest absolute Gasteiger partial charge is 0.341 e. The van der Waals surface area contributed by atoms with Crippen LogP contribution in [-0.2, 0) is 71.8 Å². The van der Waals surface area contributed by atoms with Gasteiger partial charge in [0.2, 0.25) is 0 Å². The third-order valence-electron chi connectivity index (χ3n) is 15.1. The van der Waals surface area contributed by atoms with E-state index in [1.807, 2.05) is 41.0 Å². The van der Waals surface area contributed by atoms with Crippen molar-refractivity contribution in [1.82, 2.24) is 37.8 Å². The van der Waals surface area contributed by atoms with Crippen molar-refractivity contribution in [3.63, 3.8) is 0 Å². The van der Waals surface area contributed by atoms with E-state index in [0.717, 1.165) is 75.0 Å². The Labute approximate surface area is 415 Å². The number of halogens is 4. The van der Waals surface area contributed by atoms with Gasteiger partial charge in [0.25, 0.3) is 12.9 Å². The lowest BCUT2D eigenvalue weighted by Crippen LogP contribution is -2.36. The Balaban J connectivity index is 1.04. The van der Waals surface area contributed by atoms with E-state index in [4.69, 9.17) is 0 Å². The molecule has 11 rings (SSSR count). The molecule has 0 spiro atoms. The molecule has 0 aliphatic carbocycles. The average Bonchev–Trinajstić information content (AvgIpc) is 4.12. The summed E-state index contributed by atoms with van der Waals surface area (Å²) in [5, 5.41) is 8.56. The highest BCUT2D eigenvalue weighted by Crippen LogP contribution is 2.46. The molecular formula is C54H56F4N10O3S. The van der Waals surface area contributed by atoms with Crippen LogP contribution < -0.4 is 21.2 Å². The molecule has 3 aliphatic heterocycles. The molecule has 4 aromatic heterocycles. The number of imidazole rings is 2. The highest BCUT2D eigenvalue weighted by Gasteiger charge is 2.33. The van der Waals surface area contributed by atoms with Gasteiger partial charge in [0.05, 0.1) is 34.5 Å². The van der Waals surface area contributed by atoms with Crippen LogP contribution in [0.2, 0.25) is 0 Å². The highest BCUT2D eigenvalue weighted by molar-refractivity contribution is 7.85. The number of fused-ring (bicyclic) bond motifs is 4. The van der Waals surface area contributed by atoms with Crippen molar-refractivity contribution >= 4 is 61.2 Å². The van der Waals surface area contributed by atoms with Gasteiger partial charge in [-0.25, -0.2) is 27.2 Å². The molecule has 0 bridgehead atoms. The summed E-state index contributed by atoms with van der Waals surface area (Å²) in [6.07, 6.45) is 7.17. The van der Waals surface area contributed by atoms with Crippen LogP contribution in [0, 0.1) is 5.92 Å². The molecule has 8 aromatic rings. The number of anilines is 4. The number of rotatable bonds is 11. The quantitative estimate of drug-likeness (QED) is 0.119. The van der Waals surface area contributed by atoms with E-state index >= 15 is 8.78 Å². The van der Waals surface area contributed by atoms with Gasteiger partial charge in [-0.3, -0.25) is 31.8 Å². The topological polar surface area (TPSA) is 113 Å².